The summed E-state index contributed by atoms with van der Waals surface area (Å²) in [6, 6.07) is 16.5. The summed E-state index contributed by atoms with van der Waals surface area (Å²) in [5, 5.41) is 30.6. The maximum atomic E-state index is 13.2. The fourth-order valence-corrected chi connectivity index (χ4v) is 5.11. The van der Waals surface area contributed by atoms with Crippen LogP contribution in [0.25, 0.3) is 10.4 Å². The summed E-state index contributed by atoms with van der Waals surface area (Å²) in [5.41, 5.74) is 4.00. The van der Waals surface area contributed by atoms with Gasteiger partial charge in [0.05, 0.1) is 18.8 Å². The van der Waals surface area contributed by atoms with E-state index in [4.69, 9.17) is 4.74 Å². The van der Waals surface area contributed by atoms with Gasteiger partial charge in [0.1, 0.15) is 18.0 Å². The molecule has 0 bridgehead atoms. The Hall–Kier alpha value is -2.09. The SMILES string of the molecule is Cc1ccc([C@@H]2O[C@H](CO)C(C)[C@H](O)[C@H]2O)cc1Cc1ccc(-c2ccc(F)cc2)s1. The first kappa shape index (κ1) is 22.1. The number of ether oxygens (including phenoxy) is 1. The van der Waals surface area contributed by atoms with E-state index in [1.807, 2.05) is 31.2 Å². The van der Waals surface area contributed by atoms with Crippen molar-refractivity contribution in [3.8, 4) is 10.4 Å². The maximum Gasteiger partial charge on any atom is 0.123 e. The lowest BCUT2D eigenvalue weighted by molar-refractivity contribution is -0.207. The summed E-state index contributed by atoms with van der Waals surface area (Å²) < 4.78 is 19.1. The van der Waals surface area contributed by atoms with Crippen LogP contribution in [0.4, 0.5) is 4.39 Å². The third-order valence-electron chi connectivity index (χ3n) is 6.14. The van der Waals surface area contributed by atoms with Gasteiger partial charge in [0.15, 0.2) is 0 Å². The van der Waals surface area contributed by atoms with Gasteiger partial charge in [-0.2, -0.15) is 0 Å². The van der Waals surface area contributed by atoms with E-state index >= 15 is 0 Å². The first-order chi connectivity index (χ1) is 14.9. The zero-order chi connectivity index (χ0) is 22.1. The Morgan fingerprint density at radius 1 is 1.00 bits per heavy atom. The Morgan fingerprint density at radius 2 is 1.74 bits per heavy atom. The highest BCUT2D eigenvalue weighted by Crippen LogP contribution is 2.36. The molecule has 0 aliphatic carbocycles. The highest BCUT2D eigenvalue weighted by Gasteiger charge is 2.42. The van der Waals surface area contributed by atoms with Crippen molar-refractivity contribution in [2.24, 2.45) is 5.92 Å². The third-order valence-corrected chi connectivity index (χ3v) is 7.28. The molecule has 1 fully saturated rings. The number of benzene rings is 2. The average Bonchev–Trinajstić information content (AvgIpc) is 3.23. The van der Waals surface area contributed by atoms with Crippen molar-refractivity contribution < 1.29 is 24.4 Å². The van der Waals surface area contributed by atoms with Gasteiger partial charge in [-0.05, 0) is 53.4 Å². The van der Waals surface area contributed by atoms with Crippen molar-refractivity contribution >= 4 is 11.3 Å². The van der Waals surface area contributed by atoms with Crippen LogP contribution in [-0.4, -0.2) is 40.2 Å². The van der Waals surface area contributed by atoms with Gasteiger partial charge in [0.25, 0.3) is 0 Å². The van der Waals surface area contributed by atoms with E-state index in [0.717, 1.165) is 33.6 Å². The lowest BCUT2D eigenvalue weighted by atomic mass is 9.85. The highest BCUT2D eigenvalue weighted by molar-refractivity contribution is 7.15. The molecule has 4 nitrogen and oxygen atoms in total. The van der Waals surface area contributed by atoms with Crippen LogP contribution in [0.15, 0.2) is 54.6 Å². The summed E-state index contributed by atoms with van der Waals surface area (Å²) in [5.74, 6) is -0.597. The zero-order valence-electron chi connectivity index (χ0n) is 17.5. The molecule has 1 aromatic heterocycles. The summed E-state index contributed by atoms with van der Waals surface area (Å²) in [6.45, 7) is 3.60. The van der Waals surface area contributed by atoms with E-state index in [1.54, 1.807) is 30.4 Å². The van der Waals surface area contributed by atoms with Crippen LogP contribution in [0, 0.1) is 18.7 Å². The van der Waals surface area contributed by atoms with E-state index in [0.29, 0.717) is 0 Å². The number of halogens is 1. The molecule has 31 heavy (non-hydrogen) atoms. The van der Waals surface area contributed by atoms with Crippen molar-refractivity contribution in [1.29, 1.82) is 0 Å². The van der Waals surface area contributed by atoms with Crippen molar-refractivity contribution in [2.45, 2.75) is 44.7 Å². The Morgan fingerprint density at radius 3 is 2.45 bits per heavy atom. The van der Waals surface area contributed by atoms with E-state index in [9.17, 15) is 19.7 Å². The largest absolute Gasteiger partial charge is 0.394 e. The van der Waals surface area contributed by atoms with Crippen LogP contribution in [0.2, 0.25) is 0 Å². The minimum absolute atomic E-state index is 0.207. The highest BCUT2D eigenvalue weighted by atomic mass is 32.1. The average molecular weight is 443 g/mol. The number of rotatable bonds is 5. The van der Waals surface area contributed by atoms with E-state index in [1.165, 1.54) is 17.0 Å². The van der Waals surface area contributed by atoms with Gasteiger partial charge in [-0.25, -0.2) is 4.39 Å². The van der Waals surface area contributed by atoms with Gasteiger partial charge in [-0.1, -0.05) is 37.3 Å². The summed E-state index contributed by atoms with van der Waals surface area (Å²) >= 11 is 1.67. The molecule has 1 aliphatic rings. The second-order valence-electron chi connectivity index (χ2n) is 8.25. The minimum Gasteiger partial charge on any atom is -0.394 e. The number of aliphatic hydroxyl groups excluding tert-OH is 3. The molecule has 0 amide bonds. The Kier molecular flexibility index (Phi) is 6.55. The van der Waals surface area contributed by atoms with Gasteiger partial charge < -0.3 is 20.1 Å². The number of hydrogen-bond acceptors (Lipinski definition) is 5. The summed E-state index contributed by atoms with van der Waals surface area (Å²) in [7, 11) is 0. The maximum absolute atomic E-state index is 13.2. The van der Waals surface area contributed by atoms with Crippen LogP contribution in [0.3, 0.4) is 0 Å². The van der Waals surface area contributed by atoms with Gasteiger partial charge in [-0.3, -0.25) is 0 Å². The third kappa shape index (κ3) is 4.59. The predicted molar refractivity (Wildman–Crippen MR) is 120 cm³/mol. The molecule has 4 rings (SSSR count). The molecule has 0 spiro atoms. The number of aliphatic hydroxyl groups is 3. The van der Waals surface area contributed by atoms with Crippen LogP contribution in [0.1, 0.15) is 34.6 Å². The van der Waals surface area contributed by atoms with Gasteiger partial charge in [-0.15, -0.1) is 11.3 Å². The van der Waals surface area contributed by atoms with Gasteiger partial charge in [0, 0.05) is 22.1 Å². The Balaban J connectivity index is 1.57. The standard InChI is InChI=1S/C25H27FO4S/c1-14-3-4-17(25-24(29)23(28)15(2)21(13-27)30-25)11-18(14)12-20-9-10-22(31-20)16-5-7-19(26)8-6-16/h3-11,15,21,23-25,27-29H,12-13H2,1-2H3/t15?,21-,23+,24-,25+/m1/s1. The van der Waals surface area contributed by atoms with Gasteiger partial charge in [0.2, 0.25) is 0 Å². The predicted octanol–water partition coefficient (Wildman–Crippen LogP) is 4.24. The van der Waals surface area contributed by atoms with Crippen LogP contribution in [-0.2, 0) is 11.2 Å². The summed E-state index contributed by atoms with van der Waals surface area (Å²) in [4.78, 5) is 2.25. The fraction of sp³-hybridized carbons (Fsp3) is 0.360. The molecule has 0 saturated carbocycles. The fourth-order valence-electron chi connectivity index (χ4n) is 4.08. The van der Waals surface area contributed by atoms with Crippen molar-refractivity contribution in [1.82, 2.24) is 0 Å². The quantitative estimate of drug-likeness (QED) is 0.553. The van der Waals surface area contributed by atoms with Crippen LogP contribution in [0.5, 0.6) is 0 Å². The molecule has 5 atom stereocenters. The molecular weight excluding hydrogens is 415 g/mol. The second-order valence-corrected chi connectivity index (χ2v) is 9.42. The lowest BCUT2D eigenvalue weighted by Gasteiger charge is -2.41. The van der Waals surface area contributed by atoms with Crippen molar-refractivity contribution in [2.75, 3.05) is 6.61 Å². The summed E-state index contributed by atoms with van der Waals surface area (Å²) in [6.07, 6.45) is -2.52. The molecular formula is C25H27FO4S. The van der Waals surface area contributed by atoms with Crippen molar-refractivity contribution in [3.05, 3.63) is 82.0 Å². The van der Waals surface area contributed by atoms with E-state index < -0.39 is 24.4 Å². The molecule has 1 aliphatic heterocycles. The molecule has 6 heteroatoms. The van der Waals surface area contributed by atoms with E-state index in [2.05, 4.69) is 6.07 Å². The smallest absolute Gasteiger partial charge is 0.123 e. The number of hydrogen-bond donors (Lipinski definition) is 3. The molecule has 2 aromatic carbocycles. The molecule has 3 aromatic rings. The zero-order valence-corrected chi connectivity index (χ0v) is 18.3. The first-order valence-electron chi connectivity index (χ1n) is 10.4. The molecule has 3 N–H and O–H groups in total. The Bertz CT molecular complexity index is 1030. The van der Waals surface area contributed by atoms with Crippen molar-refractivity contribution in [3.63, 3.8) is 0 Å². The molecule has 164 valence electrons. The monoisotopic (exact) mass is 442 g/mol. The second kappa shape index (κ2) is 9.18. The lowest BCUT2D eigenvalue weighted by Crippen LogP contribution is -2.50. The topological polar surface area (TPSA) is 69.9 Å². The number of aryl methyl sites for hydroxylation is 1. The molecule has 2 heterocycles. The minimum atomic E-state index is -1.06. The Labute approximate surface area is 185 Å². The van der Waals surface area contributed by atoms with Crippen LogP contribution < -0.4 is 0 Å². The first-order valence-corrected chi connectivity index (χ1v) is 11.3. The molecule has 1 saturated heterocycles. The number of thiophene rings is 1. The van der Waals surface area contributed by atoms with Gasteiger partial charge >= 0.3 is 0 Å². The van der Waals surface area contributed by atoms with E-state index in [-0.39, 0.29) is 18.3 Å². The van der Waals surface area contributed by atoms with Crippen LogP contribution >= 0.6 is 11.3 Å². The molecule has 0 radical (unpaired) electrons. The molecule has 1 unspecified atom stereocenters. The normalized spacial score (nSPS) is 26.2.